The SMILES string of the molecule is COCC(C(=O)O)C1CCN(C(=O)c2ccccc2)CC1. The number of aliphatic carboxylic acids is 1. The molecule has 1 aliphatic heterocycles. The fourth-order valence-corrected chi connectivity index (χ4v) is 2.86. The summed E-state index contributed by atoms with van der Waals surface area (Å²) in [6.45, 7) is 1.43. The summed E-state index contributed by atoms with van der Waals surface area (Å²) in [5.74, 6) is -1.20. The fourth-order valence-electron chi connectivity index (χ4n) is 2.86. The molecule has 1 unspecified atom stereocenters. The standard InChI is InChI=1S/C16H21NO4/c1-21-11-14(16(19)20)12-7-9-17(10-8-12)15(18)13-5-3-2-4-6-13/h2-6,12,14H,7-11H2,1H3,(H,19,20). The minimum atomic E-state index is -0.815. The Labute approximate surface area is 124 Å². The Bertz CT molecular complexity index is 480. The van der Waals surface area contributed by atoms with E-state index in [9.17, 15) is 14.7 Å². The van der Waals surface area contributed by atoms with Crippen LogP contribution in [0.3, 0.4) is 0 Å². The number of hydrogen-bond acceptors (Lipinski definition) is 3. The lowest BCUT2D eigenvalue weighted by Crippen LogP contribution is -2.42. The predicted molar refractivity (Wildman–Crippen MR) is 78.1 cm³/mol. The Balaban J connectivity index is 1.94. The Morgan fingerprint density at radius 3 is 2.43 bits per heavy atom. The van der Waals surface area contributed by atoms with Crippen LogP contribution in [0.5, 0.6) is 0 Å². The van der Waals surface area contributed by atoms with Crippen LogP contribution in [0.25, 0.3) is 0 Å². The van der Waals surface area contributed by atoms with E-state index in [2.05, 4.69) is 0 Å². The quantitative estimate of drug-likeness (QED) is 0.899. The van der Waals surface area contributed by atoms with E-state index in [1.54, 1.807) is 17.0 Å². The second kappa shape index (κ2) is 7.22. The first-order chi connectivity index (χ1) is 10.1. The van der Waals surface area contributed by atoms with Gasteiger partial charge < -0.3 is 14.7 Å². The van der Waals surface area contributed by atoms with Gasteiger partial charge in [-0.05, 0) is 30.9 Å². The number of hydrogen-bond donors (Lipinski definition) is 1. The number of rotatable bonds is 5. The van der Waals surface area contributed by atoms with Gasteiger partial charge in [-0.15, -0.1) is 0 Å². The number of nitrogens with zero attached hydrogens (tertiary/aromatic N) is 1. The third-order valence-corrected chi connectivity index (χ3v) is 4.08. The Hall–Kier alpha value is -1.88. The number of ether oxygens (including phenoxy) is 1. The summed E-state index contributed by atoms with van der Waals surface area (Å²) < 4.78 is 5.00. The van der Waals surface area contributed by atoms with Crippen LogP contribution in [0.4, 0.5) is 0 Å². The molecule has 1 amide bonds. The topological polar surface area (TPSA) is 66.8 Å². The summed E-state index contributed by atoms with van der Waals surface area (Å²) in [6, 6.07) is 9.18. The van der Waals surface area contributed by atoms with Crippen molar-refractivity contribution in [2.24, 2.45) is 11.8 Å². The molecule has 0 bridgehead atoms. The van der Waals surface area contributed by atoms with E-state index >= 15 is 0 Å². The van der Waals surface area contributed by atoms with Crippen molar-refractivity contribution in [3.05, 3.63) is 35.9 Å². The Morgan fingerprint density at radius 1 is 1.29 bits per heavy atom. The van der Waals surface area contributed by atoms with Gasteiger partial charge in [0.05, 0.1) is 12.5 Å². The zero-order valence-electron chi connectivity index (χ0n) is 12.2. The van der Waals surface area contributed by atoms with Crippen LogP contribution in [-0.4, -0.2) is 48.7 Å². The van der Waals surface area contributed by atoms with E-state index in [4.69, 9.17) is 4.74 Å². The van der Waals surface area contributed by atoms with Crippen LogP contribution < -0.4 is 0 Å². The first-order valence-corrected chi connectivity index (χ1v) is 7.19. The summed E-state index contributed by atoms with van der Waals surface area (Å²) in [6.07, 6.45) is 1.41. The number of carboxylic acid groups (broad SMARTS) is 1. The van der Waals surface area contributed by atoms with Crippen molar-refractivity contribution in [1.82, 2.24) is 4.90 Å². The highest BCUT2D eigenvalue weighted by molar-refractivity contribution is 5.94. The molecule has 1 saturated heterocycles. The highest BCUT2D eigenvalue weighted by atomic mass is 16.5. The lowest BCUT2D eigenvalue weighted by Gasteiger charge is -2.34. The minimum Gasteiger partial charge on any atom is -0.481 e. The molecule has 1 fully saturated rings. The van der Waals surface area contributed by atoms with Gasteiger partial charge in [-0.25, -0.2) is 0 Å². The van der Waals surface area contributed by atoms with Gasteiger partial charge in [0, 0.05) is 25.8 Å². The summed E-state index contributed by atoms with van der Waals surface area (Å²) in [7, 11) is 1.52. The van der Waals surface area contributed by atoms with Gasteiger partial charge in [0.2, 0.25) is 0 Å². The number of carbonyl (C=O) groups excluding carboxylic acids is 1. The van der Waals surface area contributed by atoms with Crippen LogP contribution in [0, 0.1) is 11.8 Å². The van der Waals surface area contributed by atoms with Crippen molar-refractivity contribution >= 4 is 11.9 Å². The Kier molecular flexibility index (Phi) is 5.33. The molecule has 1 heterocycles. The third-order valence-electron chi connectivity index (χ3n) is 4.08. The van der Waals surface area contributed by atoms with Crippen molar-refractivity contribution in [2.45, 2.75) is 12.8 Å². The number of amides is 1. The van der Waals surface area contributed by atoms with Gasteiger partial charge in [-0.3, -0.25) is 9.59 Å². The van der Waals surface area contributed by atoms with Crippen molar-refractivity contribution < 1.29 is 19.4 Å². The second-order valence-electron chi connectivity index (χ2n) is 5.40. The van der Waals surface area contributed by atoms with Gasteiger partial charge in [0.1, 0.15) is 0 Å². The number of carboxylic acids is 1. The third kappa shape index (κ3) is 3.82. The maximum Gasteiger partial charge on any atom is 0.309 e. The molecule has 0 aliphatic carbocycles. The van der Waals surface area contributed by atoms with E-state index in [-0.39, 0.29) is 18.4 Å². The molecule has 0 aromatic heterocycles. The smallest absolute Gasteiger partial charge is 0.309 e. The van der Waals surface area contributed by atoms with Crippen molar-refractivity contribution in [3.8, 4) is 0 Å². The van der Waals surface area contributed by atoms with Crippen molar-refractivity contribution in [2.75, 3.05) is 26.8 Å². The predicted octanol–water partition coefficient (Wildman–Crippen LogP) is 1.89. The van der Waals surface area contributed by atoms with E-state index in [1.807, 2.05) is 18.2 Å². The molecule has 5 heteroatoms. The molecule has 0 saturated carbocycles. The van der Waals surface area contributed by atoms with E-state index in [0.717, 1.165) is 0 Å². The largest absolute Gasteiger partial charge is 0.481 e. The first-order valence-electron chi connectivity index (χ1n) is 7.19. The number of benzene rings is 1. The number of piperidine rings is 1. The van der Waals surface area contributed by atoms with Crippen LogP contribution in [-0.2, 0) is 9.53 Å². The van der Waals surface area contributed by atoms with Gasteiger partial charge in [-0.2, -0.15) is 0 Å². The molecule has 2 rings (SSSR count). The molecule has 114 valence electrons. The number of likely N-dealkylation sites (tertiary alicyclic amines) is 1. The summed E-state index contributed by atoms with van der Waals surface area (Å²) in [5, 5.41) is 9.25. The molecular formula is C16H21NO4. The van der Waals surface area contributed by atoms with Gasteiger partial charge >= 0.3 is 5.97 Å². The first kappa shape index (κ1) is 15.5. The van der Waals surface area contributed by atoms with Crippen LogP contribution in [0.15, 0.2) is 30.3 Å². The summed E-state index contributed by atoms with van der Waals surface area (Å²) >= 11 is 0. The lowest BCUT2D eigenvalue weighted by molar-refractivity contribution is -0.146. The number of methoxy groups -OCH3 is 1. The second-order valence-corrected chi connectivity index (χ2v) is 5.40. The lowest BCUT2D eigenvalue weighted by atomic mass is 9.84. The van der Waals surface area contributed by atoms with Gasteiger partial charge in [-0.1, -0.05) is 18.2 Å². The monoisotopic (exact) mass is 291 g/mol. The fraction of sp³-hybridized carbons (Fsp3) is 0.500. The normalized spacial score (nSPS) is 17.5. The number of carbonyl (C=O) groups is 2. The van der Waals surface area contributed by atoms with E-state index in [0.29, 0.717) is 31.5 Å². The molecule has 1 N–H and O–H groups in total. The van der Waals surface area contributed by atoms with Crippen LogP contribution in [0.2, 0.25) is 0 Å². The zero-order chi connectivity index (χ0) is 15.2. The molecule has 0 spiro atoms. The highest BCUT2D eigenvalue weighted by Gasteiger charge is 2.32. The summed E-state index contributed by atoms with van der Waals surface area (Å²) in [5.41, 5.74) is 0.683. The molecule has 0 radical (unpaired) electrons. The maximum atomic E-state index is 12.3. The molecule has 1 aromatic rings. The molecular weight excluding hydrogens is 270 g/mol. The average molecular weight is 291 g/mol. The molecule has 5 nitrogen and oxygen atoms in total. The van der Waals surface area contributed by atoms with Crippen molar-refractivity contribution in [1.29, 1.82) is 0 Å². The molecule has 1 aromatic carbocycles. The van der Waals surface area contributed by atoms with Gasteiger partial charge in [0.25, 0.3) is 5.91 Å². The minimum absolute atomic E-state index is 0.0210. The Morgan fingerprint density at radius 2 is 1.90 bits per heavy atom. The van der Waals surface area contributed by atoms with Gasteiger partial charge in [0.15, 0.2) is 0 Å². The zero-order valence-corrected chi connectivity index (χ0v) is 12.2. The molecule has 1 aliphatic rings. The van der Waals surface area contributed by atoms with Crippen LogP contribution in [0.1, 0.15) is 23.2 Å². The molecule has 1 atom stereocenters. The van der Waals surface area contributed by atoms with Crippen LogP contribution >= 0.6 is 0 Å². The van der Waals surface area contributed by atoms with E-state index < -0.39 is 11.9 Å². The average Bonchev–Trinajstić information content (AvgIpc) is 2.53. The van der Waals surface area contributed by atoms with Crippen molar-refractivity contribution in [3.63, 3.8) is 0 Å². The maximum absolute atomic E-state index is 12.3. The van der Waals surface area contributed by atoms with E-state index in [1.165, 1.54) is 7.11 Å². The highest BCUT2D eigenvalue weighted by Crippen LogP contribution is 2.26. The summed E-state index contributed by atoms with van der Waals surface area (Å²) in [4.78, 5) is 25.4. The molecule has 21 heavy (non-hydrogen) atoms.